The quantitative estimate of drug-likeness (QED) is 0.603. The van der Waals surface area contributed by atoms with E-state index in [0.717, 1.165) is 5.56 Å². The summed E-state index contributed by atoms with van der Waals surface area (Å²) in [5, 5.41) is 2.75. The third-order valence-corrected chi connectivity index (χ3v) is 5.23. The molecule has 0 saturated carbocycles. The zero-order valence-corrected chi connectivity index (χ0v) is 17.6. The second-order valence-corrected chi connectivity index (χ2v) is 8.20. The molecule has 1 amide bonds. The topological polar surface area (TPSA) is 107 Å². The Bertz CT molecular complexity index is 970. The molecule has 0 radical (unpaired) electrons. The lowest BCUT2D eigenvalue weighted by molar-refractivity contribution is -0.116. The van der Waals surface area contributed by atoms with E-state index in [1.165, 1.54) is 38.4 Å². The zero-order valence-electron chi connectivity index (χ0n) is 16.8. The van der Waals surface area contributed by atoms with Crippen LogP contribution >= 0.6 is 0 Å². The number of pyridine rings is 1. The molecule has 0 unspecified atom stereocenters. The monoisotopic (exact) mass is 419 g/mol. The van der Waals surface area contributed by atoms with Gasteiger partial charge in [0, 0.05) is 24.9 Å². The Morgan fingerprint density at radius 1 is 1.24 bits per heavy atom. The number of nitrogens with one attached hydrogen (secondary N) is 2. The van der Waals surface area contributed by atoms with Gasteiger partial charge in [0.15, 0.2) is 0 Å². The lowest BCUT2D eigenvalue weighted by Crippen LogP contribution is -2.20. The summed E-state index contributed by atoms with van der Waals surface area (Å²) in [5.41, 5.74) is 1.38. The van der Waals surface area contributed by atoms with Crippen LogP contribution in [0.3, 0.4) is 0 Å². The second kappa shape index (κ2) is 10.0. The van der Waals surface area contributed by atoms with Crippen LogP contribution in [0.25, 0.3) is 6.08 Å². The van der Waals surface area contributed by atoms with Gasteiger partial charge in [0.1, 0.15) is 10.6 Å². The third-order valence-electron chi connectivity index (χ3n) is 3.79. The minimum Gasteiger partial charge on any atom is -0.495 e. The maximum Gasteiger partial charge on any atom is 0.244 e. The highest BCUT2D eigenvalue weighted by atomic mass is 32.2. The predicted octanol–water partition coefficient (Wildman–Crippen LogP) is 2.12. The van der Waals surface area contributed by atoms with Gasteiger partial charge in [0.25, 0.3) is 0 Å². The number of ether oxygens (including phenoxy) is 2. The van der Waals surface area contributed by atoms with E-state index in [0.29, 0.717) is 18.0 Å². The lowest BCUT2D eigenvalue weighted by atomic mass is 10.2. The number of hydrogen-bond acceptors (Lipinski definition) is 6. The van der Waals surface area contributed by atoms with Crippen molar-refractivity contribution >= 4 is 22.0 Å². The Hall–Kier alpha value is -2.91. The summed E-state index contributed by atoms with van der Waals surface area (Å²) in [4.78, 5) is 16.2. The highest BCUT2D eigenvalue weighted by molar-refractivity contribution is 7.89. The van der Waals surface area contributed by atoms with Gasteiger partial charge in [0.05, 0.1) is 13.2 Å². The van der Waals surface area contributed by atoms with Crippen LogP contribution in [0.4, 0.5) is 0 Å². The molecule has 0 bridgehead atoms. The van der Waals surface area contributed by atoms with Crippen LogP contribution in [0.1, 0.15) is 25.0 Å². The molecule has 0 fully saturated rings. The SMILES string of the molecule is CNS(=O)(=O)c1cc(C=CC(=O)NCc2ccc(OC(C)C)nc2)ccc1OC. The first kappa shape index (κ1) is 22.4. The molecule has 8 nitrogen and oxygen atoms in total. The normalized spacial score (nSPS) is 11.6. The molecule has 0 aliphatic rings. The standard InChI is InChI=1S/C20H25N3O5S/c1-14(2)28-20-10-7-16(13-23-20)12-22-19(24)9-6-15-5-8-17(27-4)18(11-15)29(25,26)21-3/h5-11,13-14,21H,12H2,1-4H3,(H,22,24). The number of carbonyl (C=O) groups is 1. The number of hydrogen-bond donors (Lipinski definition) is 2. The van der Waals surface area contributed by atoms with Crippen LogP contribution in [-0.4, -0.2) is 39.6 Å². The first-order valence-corrected chi connectivity index (χ1v) is 10.4. The molecule has 0 spiro atoms. The summed E-state index contributed by atoms with van der Waals surface area (Å²) in [7, 11) is -0.973. The van der Waals surface area contributed by atoms with E-state index in [1.807, 2.05) is 19.9 Å². The van der Waals surface area contributed by atoms with Gasteiger partial charge in [-0.15, -0.1) is 0 Å². The average Bonchev–Trinajstić information content (AvgIpc) is 2.71. The van der Waals surface area contributed by atoms with Crippen LogP contribution < -0.4 is 19.5 Å². The van der Waals surface area contributed by atoms with E-state index < -0.39 is 10.0 Å². The van der Waals surface area contributed by atoms with Gasteiger partial charge in [-0.1, -0.05) is 12.1 Å². The molecular weight excluding hydrogens is 394 g/mol. The van der Waals surface area contributed by atoms with Crippen molar-refractivity contribution in [1.29, 1.82) is 0 Å². The summed E-state index contributed by atoms with van der Waals surface area (Å²) in [5.74, 6) is 0.432. The van der Waals surface area contributed by atoms with Gasteiger partial charge in [-0.3, -0.25) is 4.79 Å². The molecule has 0 aliphatic carbocycles. The largest absolute Gasteiger partial charge is 0.495 e. The molecule has 1 aromatic heterocycles. The molecule has 0 atom stereocenters. The fraction of sp³-hybridized carbons (Fsp3) is 0.300. The van der Waals surface area contributed by atoms with Gasteiger partial charge < -0.3 is 14.8 Å². The third kappa shape index (κ3) is 6.58. The molecule has 2 aromatic rings. The number of amides is 1. The van der Waals surface area contributed by atoms with E-state index in [2.05, 4.69) is 15.0 Å². The first-order valence-electron chi connectivity index (χ1n) is 8.94. The van der Waals surface area contributed by atoms with Gasteiger partial charge >= 0.3 is 0 Å². The van der Waals surface area contributed by atoms with Crippen molar-refractivity contribution < 1.29 is 22.7 Å². The Morgan fingerprint density at radius 3 is 2.59 bits per heavy atom. The van der Waals surface area contributed by atoms with E-state index in [4.69, 9.17) is 9.47 Å². The Kier molecular flexibility index (Phi) is 7.74. The van der Waals surface area contributed by atoms with Crippen molar-refractivity contribution in [2.75, 3.05) is 14.2 Å². The summed E-state index contributed by atoms with van der Waals surface area (Å²) in [6, 6.07) is 8.21. The smallest absolute Gasteiger partial charge is 0.244 e. The van der Waals surface area contributed by atoms with Crippen LogP contribution in [-0.2, 0) is 21.4 Å². The average molecular weight is 420 g/mol. The minimum absolute atomic E-state index is 0.000149. The highest BCUT2D eigenvalue weighted by Crippen LogP contribution is 2.25. The summed E-state index contributed by atoms with van der Waals surface area (Å²) < 4.78 is 37.0. The van der Waals surface area contributed by atoms with Gasteiger partial charge in [0.2, 0.25) is 21.8 Å². The lowest BCUT2D eigenvalue weighted by Gasteiger charge is -2.09. The van der Waals surface area contributed by atoms with Gasteiger partial charge in [-0.2, -0.15) is 0 Å². The van der Waals surface area contributed by atoms with E-state index in [9.17, 15) is 13.2 Å². The number of rotatable bonds is 9. The van der Waals surface area contributed by atoms with Crippen molar-refractivity contribution in [3.8, 4) is 11.6 Å². The molecule has 1 heterocycles. The fourth-order valence-electron chi connectivity index (χ4n) is 2.36. The van der Waals surface area contributed by atoms with Crippen LogP contribution in [0.2, 0.25) is 0 Å². The van der Waals surface area contributed by atoms with Crippen molar-refractivity contribution in [3.05, 3.63) is 53.7 Å². The molecule has 0 saturated heterocycles. The number of benzene rings is 1. The first-order chi connectivity index (χ1) is 13.7. The Labute approximate surface area is 171 Å². The molecule has 2 N–H and O–H groups in total. The van der Waals surface area contributed by atoms with Crippen LogP contribution in [0, 0.1) is 0 Å². The van der Waals surface area contributed by atoms with Crippen molar-refractivity contribution in [2.45, 2.75) is 31.4 Å². The van der Waals surface area contributed by atoms with E-state index in [1.54, 1.807) is 18.3 Å². The van der Waals surface area contributed by atoms with Crippen LogP contribution in [0.15, 0.2) is 47.5 Å². The summed E-state index contributed by atoms with van der Waals surface area (Å²) in [6.07, 6.45) is 4.54. The highest BCUT2D eigenvalue weighted by Gasteiger charge is 2.17. The predicted molar refractivity (Wildman–Crippen MR) is 110 cm³/mol. The Morgan fingerprint density at radius 2 is 2.00 bits per heavy atom. The molecule has 1 aromatic carbocycles. The number of aromatic nitrogens is 1. The molecule has 9 heteroatoms. The number of methoxy groups -OCH3 is 1. The number of sulfonamides is 1. The van der Waals surface area contributed by atoms with Crippen molar-refractivity contribution in [3.63, 3.8) is 0 Å². The van der Waals surface area contributed by atoms with Crippen LogP contribution in [0.5, 0.6) is 11.6 Å². The molecule has 2 rings (SSSR count). The van der Waals surface area contributed by atoms with E-state index >= 15 is 0 Å². The van der Waals surface area contributed by atoms with Gasteiger partial charge in [-0.25, -0.2) is 18.1 Å². The van der Waals surface area contributed by atoms with E-state index in [-0.39, 0.29) is 22.7 Å². The summed E-state index contributed by atoms with van der Waals surface area (Å²) >= 11 is 0. The zero-order chi connectivity index (χ0) is 21.4. The fourth-order valence-corrected chi connectivity index (χ4v) is 3.29. The molecular formula is C20H25N3O5S. The maximum atomic E-state index is 12.1. The molecule has 156 valence electrons. The van der Waals surface area contributed by atoms with Crippen molar-refractivity contribution in [1.82, 2.24) is 15.0 Å². The number of carbonyl (C=O) groups excluding carboxylic acids is 1. The molecule has 29 heavy (non-hydrogen) atoms. The molecule has 0 aliphatic heterocycles. The minimum atomic E-state index is -3.69. The summed E-state index contributed by atoms with van der Waals surface area (Å²) in [6.45, 7) is 4.14. The van der Waals surface area contributed by atoms with Gasteiger partial charge in [-0.05, 0) is 50.2 Å². The maximum absolute atomic E-state index is 12.1. The second-order valence-electron chi connectivity index (χ2n) is 6.34. The van der Waals surface area contributed by atoms with Crippen molar-refractivity contribution in [2.24, 2.45) is 0 Å². The number of nitrogens with zero attached hydrogens (tertiary/aromatic N) is 1. The Balaban J connectivity index is 2.01.